The topological polar surface area (TPSA) is 0 Å². The molecule has 3 aromatic carbocycles. The molecule has 0 spiro atoms. The molecule has 12 heteroatoms. The molecule has 180 valence electrons. The van der Waals surface area contributed by atoms with E-state index >= 15 is 0 Å². The Morgan fingerprint density at radius 1 is 0.559 bits per heavy atom. The van der Waals surface area contributed by atoms with Crippen LogP contribution in [0.1, 0.15) is 22.3 Å². The predicted octanol–water partition coefficient (Wildman–Crippen LogP) is 5.55. The maximum atomic E-state index is 14.9. The molecule has 0 bridgehead atoms. The third-order valence-corrected chi connectivity index (χ3v) is 5.15. The summed E-state index contributed by atoms with van der Waals surface area (Å²) in [5.41, 5.74) is -7.21. The molecule has 0 aliphatic carbocycles. The first kappa shape index (κ1) is 25.6. The standard InChI is InChI=1S/C22H12BF11/c1-9-3-11(21(29,30)31)5-13(4-9)23(14-6-12(22(32,33)34)7-15(24)8-14)16-19(27)17(25)10(2)18(26)20(16)28/h3-8H,1-2H3. The third kappa shape index (κ3) is 4.76. The van der Waals surface area contributed by atoms with Gasteiger partial charge in [-0.25, -0.2) is 22.0 Å². The van der Waals surface area contributed by atoms with Crippen LogP contribution in [0.2, 0.25) is 0 Å². The smallest absolute Gasteiger partial charge is 0.207 e. The minimum atomic E-state index is -5.15. The highest BCUT2D eigenvalue weighted by Gasteiger charge is 2.38. The first-order valence-electron chi connectivity index (χ1n) is 9.41. The Hall–Kier alpha value is -3.05. The van der Waals surface area contributed by atoms with Gasteiger partial charge >= 0.3 is 12.4 Å². The Kier molecular flexibility index (Phi) is 6.49. The molecule has 0 aliphatic heterocycles. The highest BCUT2D eigenvalue weighted by Crippen LogP contribution is 2.31. The van der Waals surface area contributed by atoms with Gasteiger partial charge in [0.2, 0.25) is 6.71 Å². The van der Waals surface area contributed by atoms with Crippen molar-refractivity contribution >= 4 is 23.1 Å². The first-order valence-corrected chi connectivity index (χ1v) is 9.41. The Balaban J connectivity index is 2.47. The van der Waals surface area contributed by atoms with Crippen molar-refractivity contribution in [3.05, 3.63) is 87.7 Å². The molecule has 0 amide bonds. The summed E-state index contributed by atoms with van der Waals surface area (Å²) in [7, 11) is 0. The number of alkyl halides is 6. The number of hydrogen-bond acceptors (Lipinski definition) is 0. The number of halogens is 11. The molecule has 0 nitrogen and oxygen atoms in total. The van der Waals surface area contributed by atoms with E-state index in [1.54, 1.807) is 0 Å². The fourth-order valence-corrected chi connectivity index (χ4v) is 3.62. The fourth-order valence-electron chi connectivity index (χ4n) is 3.62. The second-order valence-corrected chi connectivity index (χ2v) is 7.63. The van der Waals surface area contributed by atoms with Gasteiger partial charge in [0.25, 0.3) is 0 Å². The summed E-state index contributed by atoms with van der Waals surface area (Å²) in [4.78, 5) is 0. The van der Waals surface area contributed by atoms with E-state index in [9.17, 15) is 48.3 Å². The maximum Gasteiger partial charge on any atom is 0.416 e. The fraction of sp³-hybridized carbons (Fsp3) is 0.182. The first-order chi connectivity index (χ1) is 15.5. The summed E-state index contributed by atoms with van der Waals surface area (Å²) in [6.45, 7) is -0.415. The van der Waals surface area contributed by atoms with Crippen molar-refractivity contribution in [2.24, 2.45) is 0 Å². The number of aryl methyl sites for hydroxylation is 1. The summed E-state index contributed by atoms with van der Waals surface area (Å²) in [5, 5.41) is 0. The Morgan fingerprint density at radius 2 is 1.00 bits per heavy atom. The van der Waals surface area contributed by atoms with Gasteiger partial charge in [0.1, 0.15) is 5.82 Å². The van der Waals surface area contributed by atoms with Crippen molar-refractivity contribution in [1.82, 2.24) is 0 Å². The van der Waals surface area contributed by atoms with Gasteiger partial charge in [-0.2, -0.15) is 26.3 Å². The monoisotopic (exact) mass is 496 g/mol. The lowest BCUT2D eigenvalue weighted by molar-refractivity contribution is -0.138. The molecule has 0 radical (unpaired) electrons. The molecule has 0 saturated heterocycles. The average molecular weight is 496 g/mol. The SMILES string of the molecule is Cc1cc(B(c2cc(F)cc(C(F)(F)F)c2)c2c(F)c(F)c(C)c(F)c2F)cc(C(F)(F)F)c1. The molecule has 0 unspecified atom stereocenters. The van der Waals surface area contributed by atoms with Gasteiger partial charge in [0, 0.05) is 11.0 Å². The average Bonchev–Trinajstić information content (AvgIpc) is 2.71. The number of benzene rings is 3. The zero-order valence-electron chi connectivity index (χ0n) is 17.2. The molecule has 34 heavy (non-hydrogen) atoms. The molecular formula is C22H12BF11. The van der Waals surface area contributed by atoms with Gasteiger partial charge in [-0.3, -0.25) is 0 Å². The van der Waals surface area contributed by atoms with Crippen LogP contribution in [-0.4, -0.2) is 6.71 Å². The third-order valence-electron chi connectivity index (χ3n) is 5.15. The zero-order valence-corrected chi connectivity index (χ0v) is 17.2. The number of rotatable bonds is 3. The van der Waals surface area contributed by atoms with E-state index in [1.165, 1.54) is 0 Å². The lowest BCUT2D eigenvalue weighted by Gasteiger charge is -2.21. The maximum absolute atomic E-state index is 14.9. The summed E-state index contributed by atoms with van der Waals surface area (Å²) >= 11 is 0. The van der Waals surface area contributed by atoms with E-state index in [0.29, 0.717) is 25.1 Å². The van der Waals surface area contributed by atoms with E-state index < -0.39 is 81.2 Å². The van der Waals surface area contributed by atoms with Gasteiger partial charge < -0.3 is 0 Å². The molecule has 3 rings (SSSR count). The Morgan fingerprint density at radius 3 is 1.47 bits per heavy atom. The molecule has 0 aliphatic rings. The predicted molar refractivity (Wildman–Crippen MR) is 103 cm³/mol. The largest absolute Gasteiger partial charge is 0.416 e. The van der Waals surface area contributed by atoms with Crippen LogP contribution in [0.5, 0.6) is 0 Å². The van der Waals surface area contributed by atoms with Gasteiger partial charge in [-0.15, -0.1) is 0 Å². The summed E-state index contributed by atoms with van der Waals surface area (Å²) in [5.74, 6) is -9.39. The molecule has 0 fully saturated rings. The minimum Gasteiger partial charge on any atom is -0.207 e. The normalized spacial score (nSPS) is 12.3. The van der Waals surface area contributed by atoms with Crippen molar-refractivity contribution in [2.75, 3.05) is 0 Å². The summed E-state index contributed by atoms with van der Waals surface area (Å²) in [6.07, 6.45) is -10.1. The van der Waals surface area contributed by atoms with E-state index in [2.05, 4.69) is 0 Å². The van der Waals surface area contributed by atoms with Gasteiger partial charge in [0.15, 0.2) is 23.3 Å². The highest BCUT2D eigenvalue weighted by atomic mass is 19.4. The molecule has 3 aromatic rings. The Bertz CT molecular complexity index is 1170. The molecule has 0 atom stereocenters. The zero-order chi connectivity index (χ0) is 25.7. The van der Waals surface area contributed by atoms with Crippen LogP contribution in [0.4, 0.5) is 48.3 Å². The van der Waals surface area contributed by atoms with Crippen LogP contribution in [-0.2, 0) is 12.4 Å². The van der Waals surface area contributed by atoms with E-state index in [4.69, 9.17) is 0 Å². The molecule has 0 aromatic heterocycles. The number of hydrogen-bond donors (Lipinski definition) is 0. The quantitative estimate of drug-likeness (QED) is 0.254. The Labute approximate surface area is 186 Å². The van der Waals surface area contributed by atoms with Gasteiger partial charge in [-0.05, 0) is 32.0 Å². The van der Waals surface area contributed by atoms with Crippen LogP contribution in [0.3, 0.4) is 0 Å². The molecule has 0 N–H and O–H groups in total. The lowest BCUT2D eigenvalue weighted by Crippen LogP contribution is -2.56. The highest BCUT2D eigenvalue weighted by molar-refractivity contribution is 6.95. The summed E-state index contributed by atoms with van der Waals surface area (Å²) < 4.78 is 152. The van der Waals surface area contributed by atoms with Gasteiger partial charge in [-0.1, -0.05) is 34.7 Å². The van der Waals surface area contributed by atoms with E-state index in [1.807, 2.05) is 0 Å². The van der Waals surface area contributed by atoms with E-state index in [-0.39, 0.29) is 17.7 Å². The van der Waals surface area contributed by atoms with Crippen molar-refractivity contribution in [1.29, 1.82) is 0 Å². The van der Waals surface area contributed by atoms with E-state index in [0.717, 1.165) is 13.0 Å². The second kappa shape index (κ2) is 8.63. The van der Waals surface area contributed by atoms with Crippen LogP contribution in [0.15, 0.2) is 36.4 Å². The van der Waals surface area contributed by atoms with Crippen LogP contribution in [0, 0.1) is 42.9 Å². The van der Waals surface area contributed by atoms with Crippen LogP contribution in [0.25, 0.3) is 0 Å². The van der Waals surface area contributed by atoms with Crippen molar-refractivity contribution in [2.45, 2.75) is 26.2 Å². The molecule has 0 heterocycles. The molecular weight excluding hydrogens is 484 g/mol. The van der Waals surface area contributed by atoms with Crippen molar-refractivity contribution in [3.8, 4) is 0 Å². The lowest BCUT2D eigenvalue weighted by atomic mass is 9.36. The minimum absolute atomic E-state index is 0.0565. The van der Waals surface area contributed by atoms with Crippen LogP contribution >= 0.6 is 0 Å². The second-order valence-electron chi connectivity index (χ2n) is 7.63. The van der Waals surface area contributed by atoms with Crippen LogP contribution < -0.4 is 16.4 Å². The van der Waals surface area contributed by atoms with Gasteiger partial charge in [0.05, 0.1) is 11.1 Å². The summed E-state index contributed by atoms with van der Waals surface area (Å²) in [6, 6.07) is 2.65. The van der Waals surface area contributed by atoms with Crippen molar-refractivity contribution < 1.29 is 48.3 Å². The van der Waals surface area contributed by atoms with Crippen molar-refractivity contribution in [3.63, 3.8) is 0 Å². The molecule has 0 saturated carbocycles.